The minimum absolute atomic E-state index is 0.245. The van der Waals surface area contributed by atoms with E-state index in [-0.39, 0.29) is 5.91 Å². The van der Waals surface area contributed by atoms with E-state index in [4.69, 9.17) is 0 Å². The second-order valence-electron chi connectivity index (χ2n) is 6.64. The maximum Gasteiger partial charge on any atom is 0.272 e. The fourth-order valence-corrected chi connectivity index (χ4v) is 3.93. The molecule has 0 aromatic carbocycles. The molecule has 5 rings (SSSR count). The van der Waals surface area contributed by atoms with E-state index in [1.807, 2.05) is 64.0 Å². The maximum atomic E-state index is 12.9. The third-order valence-corrected chi connectivity index (χ3v) is 5.45. The Morgan fingerprint density at radius 1 is 1.17 bits per heavy atom. The van der Waals surface area contributed by atoms with Crippen LogP contribution in [0, 0.1) is 6.92 Å². The van der Waals surface area contributed by atoms with Crippen molar-refractivity contribution < 1.29 is 4.79 Å². The van der Waals surface area contributed by atoms with E-state index in [0.717, 1.165) is 22.0 Å². The van der Waals surface area contributed by atoms with E-state index in [0.29, 0.717) is 23.8 Å². The average Bonchev–Trinajstić information content (AvgIpc) is 3.51. The average molecular weight is 415 g/mol. The second-order valence-corrected chi connectivity index (χ2v) is 7.51. The molecule has 0 aliphatic rings. The normalized spacial score (nSPS) is 11.1. The van der Waals surface area contributed by atoms with E-state index in [1.165, 1.54) is 11.3 Å². The summed E-state index contributed by atoms with van der Waals surface area (Å²) in [5.41, 5.74) is 2.68. The highest BCUT2D eigenvalue weighted by Crippen LogP contribution is 2.24. The Bertz CT molecular complexity index is 1320. The molecule has 5 aromatic heterocycles. The highest BCUT2D eigenvalue weighted by atomic mass is 32.1. The summed E-state index contributed by atoms with van der Waals surface area (Å²) in [6.07, 6.45) is 8.97. The Hall–Kier alpha value is -3.85. The summed E-state index contributed by atoms with van der Waals surface area (Å²) in [4.78, 5) is 30.6. The lowest BCUT2D eigenvalue weighted by Gasteiger charge is -2.03. The molecule has 0 saturated heterocycles. The lowest BCUT2D eigenvalue weighted by atomic mass is 10.2. The van der Waals surface area contributed by atoms with Crippen LogP contribution in [0.3, 0.4) is 0 Å². The van der Waals surface area contributed by atoms with Crippen LogP contribution in [0.1, 0.15) is 21.9 Å². The molecule has 1 N–H and O–H groups in total. The molecule has 0 aliphatic carbocycles. The Balaban J connectivity index is 1.52. The molecule has 0 fully saturated rings. The van der Waals surface area contributed by atoms with Gasteiger partial charge in [0.1, 0.15) is 11.5 Å². The van der Waals surface area contributed by atoms with Crippen LogP contribution in [-0.4, -0.2) is 34.8 Å². The molecule has 0 aliphatic heterocycles. The van der Waals surface area contributed by atoms with Crippen molar-refractivity contribution in [1.82, 2.24) is 34.2 Å². The zero-order valence-electron chi connectivity index (χ0n) is 16.1. The third-order valence-electron chi connectivity index (χ3n) is 4.68. The van der Waals surface area contributed by atoms with Crippen LogP contribution in [0.5, 0.6) is 0 Å². The lowest BCUT2D eigenvalue weighted by molar-refractivity contribution is 0.0948. The molecule has 9 heteroatoms. The summed E-state index contributed by atoms with van der Waals surface area (Å²) in [6, 6.07) is 9.42. The van der Waals surface area contributed by atoms with E-state index >= 15 is 0 Å². The molecule has 8 nitrogen and oxygen atoms in total. The number of imidazole rings is 2. The van der Waals surface area contributed by atoms with E-state index in [1.54, 1.807) is 18.6 Å². The molecule has 30 heavy (non-hydrogen) atoms. The first-order valence-corrected chi connectivity index (χ1v) is 10.2. The number of nitrogens with zero attached hydrogens (tertiary/aromatic N) is 6. The van der Waals surface area contributed by atoms with Gasteiger partial charge in [0.05, 0.1) is 5.52 Å². The predicted octanol–water partition coefficient (Wildman–Crippen LogP) is 3.28. The number of thiazole rings is 1. The number of hydrogen-bond acceptors (Lipinski definition) is 6. The Morgan fingerprint density at radius 2 is 2.10 bits per heavy atom. The smallest absolute Gasteiger partial charge is 0.272 e. The summed E-state index contributed by atoms with van der Waals surface area (Å²) in [5, 5.41) is 5.68. The monoisotopic (exact) mass is 415 g/mol. The van der Waals surface area contributed by atoms with Crippen LogP contribution in [0.4, 0.5) is 0 Å². The molecule has 0 bridgehead atoms. The molecule has 5 aromatic rings. The Kier molecular flexibility index (Phi) is 4.56. The van der Waals surface area contributed by atoms with Gasteiger partial charge in [-0.25, -0.2) is 15.0 Å². The van der Waals surface area contributed by atoms with Gasteiger partial charge in [-0.05, 0) is 30.7 Å². The van der Waals surface area contributed by atoms with Gasteiger partial charge in [-0.15, -0.1) is 11.3 Å². The number of rotatable bonds is 5. The first kappa shape index (κ1) is 18.2. The molecule has 1 amide bonds. The van der Waals surface area contributed by atoms with Crippen LogP contribution in [0.2, 0.25) is 0 Å². The van der Waals surface area contributed by atoms with Crippen molar-refractivity contribution in [3.8, 4) is 16.6 Å². The minimum Gasteiger partial charge on any atom is -0.346 e. The zero-order chi connectivity index (χ0) is 20.5. The second kappa shape index (κ2) is 7.53. The standard InChI is InChI=1S/C21H17N7OS/c1-14-25-16(13-28(14)21-23-8-10-30-21)19-26-18(17-6-2-3-9-27(17)19)20(29)24-12-15-5-4-7-22-11-15/h2-11,13H,12H2,1H3,(H,24,29). The quantitative estimate of drug-likeness (QED) is 0.476. The van der Waals surface area contributed by atoms with Gasteiger partial charge in [0.15, 0.2) is 16.6 Å². The number of carbonyl (C=O) groups excluding carboxylic acids is 1. The van der Waals surface area contributed by atoms with Crippen molar-refractivity contribution in [2.75, 3.05) is 0 Å². The van der Waals surface area contributed by atoms with Gasteiger partial charge >= 0.3 is 0 Å². The van der Waals surface area contributed by atoms with Gasteiger partial charge in [-0.3, -0.25) is 18.7 Å². The lowest BCUT2D eigenvalue weighted by Crippen LogP contribution is -2.23. The highest BCUT2D eigenvalue weighted by molar-refractivity contribution is 7.12. The van der Waals surface area contributed by atoms with Crippen LogP contribution < -0.4 is 5.32 Å². The fourth-order valence-electron chi connectivity index (χ4n) is 3.26. The van der Waals surface area contributed by atoms with Crippen LogP contribution in [0.25, 0.3) is 22.2 Å². The molecule has 0 atom stereocenters. The number of aryl methyl sites for hydroxylation is 1. The van der Waals surface area contributed by atoms with Gasteiger partial charge in [0.2, 0.25) is 0 Å². The molecule has 0 unspecified atom stereocenters. The highest BCUT2D eigenvalue weighted by Gasteiger charge is 2.20. The van der Waals surface area contributed by atoms with Gasteiger partial charge in [0.25, 0.3) is 5.91 Å². The Labute approximate surface area is 175 Å². The molecule has 148 valence electrons. The number of nitrogens with one attached hydrogen (secondary N) is 1. The number of aromatic nitrogens is 6. The number of hydrogen-bond donors (Lipinski definition) is 1. The van der Waals surface area contributed by atoms with Crippen LogP contribution in [0.15, 0.2) is 66.7 Å². The summed E-state index contributed by atoms with van der Waals surface area (Å²) in [7, 11) is 0. The number of fused-ring (bicyclic) bond motifs is 1. The van der Waals surface area contributed by atoms with Crippen LogP contribution in [-0.2, 0) is 6.54 Å². The Morgan fingerprint density at radius 3 is 2.90 bits per heavy atom. The van der Waals surface area contributed by atoms with Crippen molar-refractivity contribution in [3.63, 3.8) is 0 Å². The van der Waals surface area contributed by atoms with Gasteiger partial charge in [-0.2, -0.15) is 0 Å². The van der Waals surface area contributed by atoms with Crippen LogP contribution >= 0.6 is 11.3 Å². The van der Waals surface area contributed by atoms with Crippen molar-refractivity contribution >= 4 is 22.8 Å². The number of amides is 1. The SMILES string of the molecule is Cc1nc(-c2nc(C(=O)NCc3cccnc3)c3ccccn23)cn1-c1nccs1. The van der Waals surface area contributed by atoms with Crippen molar-refractivity contribution in [2.45, 2.75) is 13.5 Å². The molecular formula is C21H17N7OS. The van der Waals surface area contributed by atoms with Crippen molar-refractivity contribution in [2.24, 2.45) is 0 Å². The first-order chi connectivity index (χ1) is 14.7. The first-order valence-electron chi connectivity index (χ1n) is 9.31. The number of pyridine rings is 2. The van der Waals surface area contributed by atoms with Gasteiger partial charge in [-0.1, -0.05) is 12.1 Å². The summed E-state index contributed by atoms with van der Waals surface area (Å²) in [5.74, 6) is 1.16. The van der Waals surface area contributed by atoms with E-state index in [9.17, 15) is 4.79 Å². The molecular weight excluding hydrogens is 398 g/mol. The molecule has 0 spiro atoms. The summed E-state index contributed by atoms with van der Waals surface area (Å²) in [6.45, 7) is 2.30. The zero-order valence-corrected chi connectivity index (χ0v) is 16.9. The van der Waals surface area contributed by atoms with Gasteiger partial charge < -0.3 is 5.32 Å². The molecule has 0 radical (unpaired) electrons. The fraction of sp³-hybridized carbons (Fsp3) is 0.0952. The minimum atomic E-state index is -0.245. The molecule has 5 heterocycles. The summed E-state index contributed by atoms with van der Waals surface area (Å²) >= 11 is 1.53. The van der Waals surface area contributed by atoms with Crippen molar-refractivity contribution in [3.05, 3.63) is 83.8 Å². The van der Waals surface area contributed by atoms with Gasteiger partial charge in [0, 0.05) is 42.9 Å². The largest absolute Gasteiger partial charge is 0.346 e. The topological polar surface area (TPSA) is 90.0 Å². The molecule has 0 saturated carbocycles. The van der Waals surface area contributed by atoms with E-state index in [2.05, 4.69) is 25.3 Å². The summed E-state index contributed by atoms with van der Waals surface area (Å²) < 4.78 is 3.80. The maximum absolute atomic E-state index is 12.9. The van der Waals surface area contributed by atoms with E-state index < -0.39 is 0 Å². The van der Waals surface area contributed by atoms with Crippen molar-refractivity contribution in [1.29, 1.82) is 0 Å². The third kappa shape index (κ3) is 3.25. The number of carbonyl (C=O) groups is 1. The predicted molar refractivity (Wildman–Crippen MR) is 114 cm³/mol.